The first-order valence-electron chi connectivity index (χ1n) is 9.68. The van der Waals surface area contributed by atoms with Crippen LogP contribution in [0, 0.1) is 5.82 Å². The number of hydrogen-bond donors (Lipinski definition) is 1. The Morgan fingerprint density at radius 1 is 1.04 bits per heavy atom. The molecule has 0 amide bonds. The van der Waals surface area contributed by atoms with Crippen LogP contribution in [0.3, 0.4) is 0 Å². The van der Waals surface area contributed by atoms with E-state index in [1.54, 1.807) is 24.4 Å². The van der Waals surface area contributed by atoms with Crippen LogP contribution in [0.1, 0.15) is 49.2 Å². The van der Waals surface area contributed by atoms with Crippen LogP contribution < -0.4 is 9.64 Å². The fourth-order valence-electron chi connectivity index (χ4n) is 3.54. The lowest BCUT2D eigenvalue weighted by molar-refractivity contribution is 0.453. The highest BCUT2D eigenvalue weighted by Crippen LogP contribution is 2.38. The number of nitrogens with zero attached hydrogens (tertiary/aromatic N) is 5. The molecule has 3 aromatic rings. The smallest absolute Gasteiger partial charge is 0.228 e. The summed E-state index contributed by atoms with van der Waals surface area (Å²) in [5, 5.41) is 7.55. The maximum atomic E-state index is 13.1. The van der Waals surface area contributed by atoms with Crippen molar-refractivity contribution in [2.24, 2.45) is 0 Å². The normalized spacial score (nSPS) is 19.6. The van der Waals surface area contributed by atoms with E-state index < -0.39 is 0 Å². The number of nitrogens with one attached hydrogen (secondary N) is 1. The average molecular weight is 380 g/mol. The minimum absolute atomic E-state index is 0.266. The number of hydrogen-bond acceptors (Lipinski definition) is 6. The zero-order valence-corrected chi connectivity index (χ0v) is 15.4. The number of aromatic nitrogens is 5. The fraction of sp³-hybridized carbons (Fsp3) is 0.400. The van der Waals surface area contributed by atoms with E-state index in [4.69, 9.17) is 9.72 Å². The third kappa shape index (κ3) is 3.67. The van der Waals surface area contributed by atoms with Crippen molar-refractivity contribution in [3.05, 3.63) is 54.0 Å². The molecule has 2 aromatic heterocycles. The lowest BCUT2D eigenvalue weighted by Gasteiger charge is -2.31. The molecule has 8 heteroatoms. The Kier molecular flexibility index (Phi) is 4.38. The van der Waals surface area contributed by atoms with Crippen LogP contribution >= 0.6 is 0 Å². The third-order valence-electron chi connectivity index (χ3n) is 5.21. The molecular weight excluding hydrogens is 359 g/mol. The summed E-state index contributed by atoms with van der Waals surface area (Å²) in [6, 6.07) is 7.58. The Morgan fingerprint density at radius 3 is 2.71 bits per heavy atom. The van der Waals surface area contributed by atoms with Crippen molar-refractivity contribution in [3.63, 3.8) is 0 Å². The third-order valence-corrected chi connectivity index (χ3v) is 5.21. The van der Waals surface area contributed by atoms with Gasteiger partial charge in [-0.25, -0.2) is 14.4 Å². The van der Waals surface area contributed by atoms with Gasteiger partial charge in [0, 0.05) is 37.2 Å². The van der Waals surface area contributed by atoms with Gasteiger partial charge < -0.3 is 9.64 Å². The van der Waals surface area contributed by atoms with Crippen molar-refractivity contribution in [3.8, 4) is 11.6 Å². The molecular formula is C20H21FN6O. The molecule has 0 spiro atoms. The van der Waals surface area contributed by atoms with Gasteiger partial charge in [0.15, 0.2) is 5.82 Å². The first-order valence-corrected chi connectivity index (χ1v) is 9.68. The van der Waals surface area contributed by atoms with Gasteiger partial charge in [-0.2, -0.15) is 10.1 Å². The van der Waals surface area contributed by atoms with E-state index in [0.717, 1.165) is 37.6 Å². The maximum absolute atomic E-state index is 13.1. The molecule has 5 rings (SSSR count). The molecule has 7 nitrogen and oxygen atoms in total. The molecule has 3 heterocycles. The number of ether oxygens (including phenoxy) is 1. The highest BCUT2D eigenvalue weighted by Gasteiger charge is 2.30. The standard InChI is InChI=1S/C20H21FN6O/c21-15-5-7-16(8-6-15)28-17-9-10-22-20(23-17)27-11-1-2-14(12-27)19-24-18(25-26-19)13-3-4-13/h5-10,13-14H,1-4,11-12H2,(H,24,25,26)/t14-/m1/s1. The molecule has 144 valence electrons. The molecule has 1 atom stereocenters. The number of H-pyrrole nitrogens is 1. The molecule has 28 heavy (non-hydrogen) atoms. The Hall–Kier alpha value is -3.03. The second-order valence-corrected chi connectivity index (χ2v) is 7.39. The van der Waals surface area contributed by atoms with Crippen LogP contribution in [0.15, 0.2) is 36.5 Å². The molecule has 1 aliphatic heterocycles. The molecule has 2 fully saturated rings. The Bertz CT molecular complexity index is 955. The molecule has 2 aliphatic rings. The van der Waals surface area contributed by atoms with Gasteiger partial charge in [0.25, 0.3) is 0 Å². The summed E-state index contributed by atoms with van der Waals surface area (Å²) < 4.78 is 18.8. The molecule has 1 aliphatic carbocycles. The zero-order valence-electron chi connectivity index (χ0n) is 15.4. The van der Waals surface area contributed by atoms with Crippen LogP contribution in [-0.2, 0) is 0 Å². The van der Waals surface area contributed by atoms with E-state index >= 15 is 0 Å². The minimum atomic E-state index is -0.299. The van der Waals surface area contributed by atoms with Gasteiger partial charge in [-0.05, 0) is 49.9 Å². The van der Waals surface area contributed by atoms with Gasteiger partial charge in [-0.3, -0.25) is 5.10 Å². The van der Waals surface area contributed by atoms with Gasteiger partial charge in [-0.1, -0.05) is 0 Å². The van der Waals surface area contributed by atoms with Gasteiger partial charge in [0.1, 0.15) is 17.4 Å². The van der Waals surface area contributed by atoms with Crippen LogP contribution in [-0.4, -0.2) is 38.2 Å². The molecule has 0 unspecified atom stereocenters. The topological polar surface area (TPSA) is 79.8 Å². The largest absolute Gasteiger partial charge is 0.439 e. The molecule has 0 radical (unpaired) electrons. The van der Waals surface area contributed by atoms with Crippen molar-refractivity contribution in [2.75, 3.05) is 18.0 Å². The van der Waals surface area contributed by atoms with E-state index in [0.29, 0.717) is 23.5 Å². The molecule has 1 aromatic carbocycles. The number of halogens is 1. The second-order valence-electron chi connectivity index (χ2n) is 7.39. The van der Waals surface area contributed by atoms with Gasteiger partial charge in [0.2, 0.25) is 11.8 Å². The zero-order chi connectivity index (χ0) is 18.9. The predicted octanol–water partition coefficient (Wildman–Crippen LogP) is 3.79. The number of aromatic amines is 1. The summed E-state index contributed by atoms with van der Waals surface area (Å²) in [5.41, 5.74) is 0. The molecule has 1 saturated carbocycles. The van der Waals surface area contributed by atoms with Crippen molar-refractivity contribution < 1.29 is 9.13 Å². The van der Waals surface area contributed by atoms with Crippen molar-refractivity contribution in [1.29, 1.82) is 0 Å². The minimum Gasteiger partial charge on any atom is -0.439 e. The van der Waals surface area contributed by atoms with Crippen molar-refractivity contribution in [2.45, 2.75) is 37.5 Å². The van der Waals surface area contributed by atoms with Gasteiger partial charge in [0.05, 0.1) is 0 Å². The Balaban J connectivity index is 1.30. The van der Waals surface area contributed by atoms with Crippen molar-refractivity contribution in [1.82, 2.24) is 25.1 Å². The summed E-state index contributed by atoms with van der Waals surface area (Å²) in [5.74, 6) is 4.06. The number of piperidine rings is 1. The maximum Gasteiger partial charge on any atom is 0.228 e. The summed E-state index contributed by atoms with van der Waals surface area (Å²) in [7, 11) is 0. The SMILES string of the molecule is Fc1ccc(Oc2ccnc(N3CCC[C@@H](c4n[nH]c(C5CC5)n4)C3)n2)cc1. The summed E-state index contributed by atoms with van der Waals surface area (Å²) >= 11 is 0. The van der Waals surface area contributed by atoms with Crippen LogP contribution in [0.2, 0.25) is 0 Å². The molecule has 1 saturated heterocycles. The number of rotatable bonds is 5. The highest BCUT2D eigenvalue weighted by molar-refractivity contribution is 5.35. The average Bonchev–Trinajstić information content (AvgIpc) is 3.47. The van der Waals surface area contributed by atoms with Crippen LogP contribution in [0.25, 0.3) is 0 Å². The lowest BCUT2D eigenvalue weighted by atomic mass is 9.97. The van der Waals surface area contributed by atoms with Gasteiger partial charge >= 0.3 is 0 Å². The second kappa shape index (κ2) is 7.18. The van der Waals surface area contributed by atoms with Crippen molar-refractivity contribution >= 4 is 5.95 Å². The first-order chi connectivity index (χ1) is 13.7. The molecule has 0 bridgehead atoms. The van der Waals surface area contributed by atoms with Gasteiger partial charge in [-0.15, -0.1) is 0 Å². The Morgan fingerprint density at radius 2 is 1.89 bits per heavy atom. The highest BCUT2D eigenvalue weighted by atomic mass is 19.1. The van der Waals surface area contributed by atoms with Crippen LogP contribution in [0.5, 0.6) is 11.6 Å². The predicted molar refractivity (Wildman–Crippen MR) is 101 cm³/mol. The number of anilines is 1. The van der Waals surface area contributed by atoms with E-state index in [2.05, 4.69) is 25.1 Å². The van der Waals surface area contributed by atoms with E-state index in [-0.39, 0.29) is 11.7 Å². The fourth-order valence-corrected chi connectivity index (χ4v) is 3.54. The lowest BCUT2D eigenvalue weighted by Crippen LogP contribution is -2.36. The monoisotopic (exact) mass is 380 g/mol. The van der Waals surface area contributed by atoms with E-state index in [1.807, 2.05) is 0 Å². The van der Waals surface area contributed by atoms with E-state index in [1.165, 1.54) is 25.0 Å². The summed E-state index contributed by atoms with van der Waals surface area (Å²) in [4.78, 5) is 15.8. The quantitative estimate of drug-likeness (QED) is 0.725. The van der Waals surface area contributed by atoms with E-state index in [9.17, 15) is 4.39 Å². The Labute approximate surface area is 162 Å². The number of benzene rings is 1. The summed E-state index contributed by atoms with van der Waals surface area (Å²) in [6.45, 7) is 1.67. The first kappa shape index (κ1) is 17.1. The molecule has 1 N–H and O–H groups in total. The summed E-state index contributed by atoms with van der Waals surface area (Å²) in [6.07, 6.45) is 6.19. The van der Waals surface area contributed by atoms with Crippen LogP contribution in [0.4, 0.5) is 10.3 Å².